The molecule has 3 rings (SSSR count). The minimum atomic E-state index is -2.66. The second-order valence-corrected chi connectivity index (χ2v) is 7.56. The minimum Gasteiger partial charge on any atom is -0.349 e. The van der Waals surface area contributed by atoms with Gasteiger partial charge in [0, 0.05) is 28.6 Å². The van der Waals surface area contributed by atoms with Crippen molar-refractivity contribution in [3.63, 3.8) is 0 Å². The van der Waals surface area contributed by atoms with Crippen molar-refractivity contribution in [1.29, 1.82) is 0 Å². The van der Waals surface area contributed by atoms with Gasteiger partial charge < -0.3 is 10.6 Å². The highest BCUT2D eigenvalue weighted by molar-refractivity contribution is 6.31. The van der Waals surface area contributed by atoms with Crippen molar-refractivity contribution in [3.8, 4) is 0 Å². The highest BCUT2D eigenvalue weighted by atomic mass is 35.5. The van der Waals surface area contributed by atoms with Crippen molar-refractivity contribution >= 4 is 17.5 Å². The Bertz CT molecular complexity index is 608. The fourth-order valence-corrected chi connectivity index (χ4v) is 3.85. The number of amides is 1. The predicted molar refractivity (Wildman–Crippen MR) is 90.6 cm³/mol. The van der Waals surface area contributed by atoms with Gasteiger partial charge in [-0.2, -0.15) is 0 Å². The Morgan fingerprint density at radius 1 is 1.16 bits per heavy atom. The van der Waals surface area contributed by atoms with E-state index in [1.54, 1.807) is 0 Å². The van der Waals surface area contributed by atoms with Crippen molar-refractivity contribution in [3.05, 3.63) is 34.6 Å². The van der Waals surface area contributed by atoms with Crippen LogP contribution in [-0.4, -0.2) is 30.5 Å². The van der Waals surface area contributed by atoms with Gasteiger partial charge in [-0.05, 0) is 43.9 Å². The molecule has 3 nitrogen and oxygen atoms in total. The van der Waals surface area contributed by atoms with Crippen LogP contribution < -0.4 is 10.6 Å². The zero-order valence-electron chi connectivity index (χ0n) is 13.8. The van der Waals surface area contributed by atoms with Crippen molar-refractivity contribution in [2.75, 3.05) is 6.54 Å². The highest BCUT2D eigenvalue weighted by Gasteiger charge is 2.42. The number of benzene rings is 1. The molecule has 2 fully saturated rings. The van der Waals surface area contributed by atoms with Gasteiger partial charge in [-0.3, -0.25) is 4.79 Å². The lowest BCUT2D eigenvalue weighted by Crippen LogP contribution is -2.54. The normalized spacial score (nSPS) is 24.2. The van der Waals surface area contributed by atoms with Crippen LogP contribution in [0.15, 0.2) is 18.2 Å². The molecule has 0 radical (unpaired) electrons. The van der Waals surface area contributed by atoms with E-state index in [9.17, 15) is 18.0 Å². The van der Waals surface area contributed by atoms with E-state index in [1.165, 1.54) is 6.07 Å². The molecule has 0 bridgehead atoms. The van der Waals surface area contributed by atoms with Crippen molar-refractivity contribution in [2.45, 2.75) is 56.5 Å². The molecule has 0 unspecified atom stereocenters. The van der Waals surface area contributed by atoms with Crippen molar-refractivity contribution < 1.29 is 18.0 Å². The summed E-state index contributed by atoms with van der Waals surface area (Å²) in [5, 5.41) is 5.85. The minimum absolute atomic E-state index is 0.0197. The molecular weight excluding hydrogens is 353 g/mol. The molecule has 0 saturated heterocycles. The molecule has 1 aromatic rings. The van der Waals surface area contributed by atoms with E-state index in [2.05, 4.69) is 10.6 Å². The monoisotopic (exact) mass is 374 g/mol. The standard InChI is InChI=1S/C18H22ClF3N2O/c19-13-5-11(6-14(20)7-13)17(25)24-16-8-15(9-16)23-10-18(21,22)12-3-1-2-4-12/h5-7,12,15-16,23H,1-4,8-10H2,(H,24,25). The first kappa shape index (κ1) is 18.5. The van der Waals surface area contributed by atoms with E-state index >= 15 is 0 Å². The van der Waals surface area contributed by atoms with Gasteiger partial charge in [-0.15, -0.1) is 0 Å². The molecule has 0 heterocycles. The summed E-state index contributed by atoms with van der Waals surface area (Å²) in [5.74, 6) is -4.14. The third-order valence-corrected chi connectivity index (χ3v) is 5.40. The summed E-state index contributed by atoms with van der Waals surface area (Å²) >= 11 is 5.74. The molecule has 0 aromatic heterocycles. The largest absolute Gasteiger partial charge is 0.349 e. The van der Waals surface area contributed by atoms with E-state index in [0.29, 0.717) is 25.7 Å². The second-order valence-electron chi connectivity index (χ2n) is 7.12. The molecule has 2 aliphatic carbocycles. The number of halogens is 4. The van der Waals surface area contributed by atoms with Gasteiger partial charge in [0.2, 0.25) is 0 Å². The Morgan fingerprint density at radius 2 is 1.84 bits per heavy atom. The maximum Gasteiger partial charge on any atom is 0.263 e. The first-order valence-electron chi connectivity index (χ1n) is 8.71. The van der Waals surface area contributed by atoms with Gasteiger partial charge in [0.25, 0.3) is 11.8 Å². The SMILES string of the molecule is O=C(NC1CC(NCC(F)(F)C2CCCC2)C1)c1cc(F)cc(Cl)c1. The summed E-state index contributed by atoms with van der Waals surface area (Å²) in [5.41, 5.74) is 0.161. The third kappa shape index (κ3) is 4.67. The summed E-state index contributed by atoms with van der Waals surface area (Å²) in [7, 11) is 0. The van der Waals surface area contributed by atoms with Crippen LogP contribution in [0.2, 0.25) is 5.02 Å². The molecule has 0 aliphatic heterocycles. The van der Waals surface area contributed by atoms with Gasteiger partial charge >= 0.3 is 0 Å². The molecule has 2 aliphatic rings. The van der Waals surface area contributed by atoms with Crippen LogP contribution in [0.3, 0.4) is 0 Å². The quantitative estimate of drug-likeness (QED) is 0.785. The molecule has 7 heteroatoms. The lowest BCUT2D eigenvalue weighted by molar-refractivity contribution is -0.0575. The molecule has 0 atom stereocenters. The lowest BCUT2D eigenvalue weighted by Gasteiger charge is -2.38. The highest BCUT2D eigenvalue weighted by Crippen LogP contribution is 2.37. The lowest BCUT2D eigenvalue weighted by atomic mass is 9.86. The van der Waals surface area contributed by atoms with Gasteiger partial charge in [0.05, 0.1) is 6.54 Å². The number of hydrogen-bond donors (Lipinski definition) is 2. The van der Waals surface area contributed by atoms with Crippen molar-refractivity contribution in [2.24, 2.45) is 5.92 Å². The number of hydrogen-bond acceptors (Lipinski definition) is 2. The summed E-state index contributed by atoms with van der Waals surface area (Å²) in [6.07, 6.45) is 4.18. The predicted octanol–water partition coefficient (Wildman–Crippen LogP) is 4.16. The summed E-state index contributed by atoms with van der Waals surface area (Å²) in [6.45, 7) is -0.303. The fraction of sp³-hybridized carbons (Fsp3) is 0.611. The fourth-order valence-electron chi connectivity index (χ4n) is 3.63. The molecule has 1 aromatic carbocycles. The van der Waals surface area contributed by atoms with Crippen LogP contribution in [0.5, 0.6) is 0 Å². The molecule has 2 saturated carbocycles. The Hall–Kier alpha value is -1.27. The molecule has 1 amide bonds. The van der Waals surface area contributed by atoms with E-state index in [-0.39, 0.29) is 29.2 Å². The molecule has 0 spiro atoms. The van der Waals surface area contributed by atoms with Crippen molar-refractivity contribution in [1.82, 2.24) is 10.6 Å². The molecular formula is C18H22ClF3N2O. The zero-order valence-corrected chi connectivity index (χ0v) is 14.6. The van der Waals surface area contributed by atoms with Crippen LogP contribution >= 0.6 is 11.6 Å². The van der Waals surface area contributed by atoms with E-state index in [1.807, 2.05) is 0 Å². The topological polar surface area (TPSA) is 41.1 Å². The maximum absolute atomic E-state index is 14.1. The van der Waals surface area contributed by atoms with E-state index < -0.39 is 23.6 Å². The molecule has 25 heavy (non-hydrogen) atoms. The first-order chi connectivity index (χ1) is 11.8. The third-order valence-electron chi connectivity index (χ3n) is 5.18. The second kappa shape index (κ2) is 7.54. The Kier molecular flexibility index (Phi) is 5.58. The van der Waals surface area contributed by atoms with E-state index in [0.717, 1.165) is 25.0 Å². The average Bonchev–Trinajstić information content (AvgIpc) is 3.03. The van der Waals surface area contributed by atoms with E-state index in [4.69, 9.17) is 11.6 Å². The maximum atomic E-state index is 14.1. The van der Waals surface area contributed by atoms with Crippen LogP contribution in [0, 0.1) is 11.7 Å². The van der Waals surface area contributed by atoms with Gasteiger partial charge in [-0.25, -0.2) is 13.2 Å². The van der Waals surface area contributed by atoms with Gasteiger partial charge in [-0.1, -0.05) is 24.4 Å². The van der Waals surface area contributed by atoms with Crippen LogP contribution in [0.25, 0.3) is 0 Å². The number of alkyl halides is 2. The zero-order chi connectivity index (χ0) is 18.0. The number of rotatable bonds is 6. The Morgan fingerprint density at radius 3 is 2.48 bits per heavy atom. The van der Waals surface area contributed by atoms with Crippen LogP contribution in [-0.2, 0) is 0 Å². The van der Waals surface area contributed by atoms with Gasteiger partial charge in [0.1, 0.15) is 5.82 Å². The summed E-state index contributed by atoms with van der Waals surface area (Å²) in [4.78, 5) is 12.1. The number of carbonyl (C=O) groups excluding carboxylic acids is 1. The van der Waals surface area contributed by atoms with Gasteiger partial charge in [0.15, 0.2) is 0 Å². The summed E-state index contributed by atoms with van der Waals surface area (Å²) in [6, 6.07) is 3.54. The average molecular weight is 375 g/mol. The smallest absolute Gasteiger partial charge is 0.263 e. The first-order valence-corrected chi connectivity index (χ1v) is 9.09. The summed E-state index contributed by atoms with van der Waals surface area (Å²) < 4.78 is 41.4. The number of carbonyl (C=O) groups is 1. The number of nitrogens with one attached hydrogen (secondary N) is 2. The molecule has 138 valence electrons. The van der Waals surface area contributed by atoms with Crippen LogP contribution in [0.4, 0.5) is 13.2 Å². The van der Waals surface area contributed by atoms with Crippen LogP contribution in [0.1, 0.15) is 48.9 Å². The Labute approximate surface area is 150 Å². The molecule has 2 N–H and O–H groups in total. The Balaban J connectivity index is 1.41.